The van der Waals surface area contributed by atoms with Crippen LogP contribution >= 0.6 is 0 Å². The molecule has 0 amide bonds. The maximum atomic E-state index is 14.4. The number of nitrogens with zero attached hydrogens (tertiary/aromatic N) is 3. The Morgan fingerprint density at radius 3 is 2.49 bits per heavy atom. The number of carboxylic acids is 1. The third-order valence-electron chi connectivity index (χ3n) is 5.57. The fraction of sp³-hybridized carbons (Fsp3) is 0.154. The summed E-state index contributed by atoms with van der Waals surface area (Å²) in [4.78, 5) is 28.6. The van der Waals surface area contributed by atoms with Gasteiger partial charge in [0.2, 0.25) is 5.88 Å². The van der Waals surface area contributed by atoms with E-state index < -0.39 is 52.7 Å². The second kappa shape index (κ2) is 10.4. The zero-order valence-corrected chi connectivity index (χ0v) is 19.8. The normalized spacial score (nSPS) is 11.3. The molecule has 3 heterocycles. The number of carboxylic acid groups (broad SMARTS) is 1. The minimum absolute atomic E-state index is 0.0204. The molecule has 1 N–H and O–H groups in total. The van der Waals surface area contributed by atoms with Crippen molar-refractivity contribution in [2.45, 2.75) is 19.6 Å². The smallest absolute Gasteiger partial charge is 0.417 e. The van der Waals surface area contributed by atoms with E-state index in [0.29, 0.717) is 16.7 Å². The number of rotatable bonds is 7. The molecule has 0 unspecified atom stereocenters. The van der Waals surface area contributed by atoms with Crippen LogP contribution in [-0.2, 0) is 12.7 Å². The monoisotopic (exact) mass is 545 g/mol. The zero-order chi connectivity index (χ0) is 28.5. The summed E-state index contributed by atoms with van der Waals surface area (Å²) in [6.07, 6.45) is -3.87. The lowest BCUT2D eigenvalue weighted by atomic mass is 10.1. The molecule has 0 radical (unpaired) electrons. The number of hydrogen-bond acceptors (Lipinski definition) is 6. The first-order valence-corrected chi connectivity index (χ1v) is 11.1. The van der Waals surface area contributed by atoms with Crippen molar-refractivity contribution in [1.82, 2.24) is 9.55 Å². The minimum Gasteiger partial charge on any atom is -0.477 e. The summed E-state index contributed by atoms with van der Waals surface area (Å²) in [5.41, 5.74) is -4.99. The van der Waals surface area contributed by atoms with Crippen LogP contribution in [0, 0.1) is 23.0 Å². The average molecular weight is 545 g/mol. The second-order valence-electron chi connectivity index (χ2n) is 8.03. The molecule has 4 aromatic rings. The van der Waals surface area contributed by atoms with Crippen molar-refractivity contribution in [2.24, 2.45) is 0 Å². The SMILES string of the molecule is CCOc1ncc(-c2ccc(-c3cc(C(F)(F)F)c(C#N)c(=O)n3Cc3ccc(F)cc3F)o2)cc1C(=O)O. The van der Waals surface area contributed by atoms with Crippen LogP contribution in [0.25, 0.3) is 22.8 Å². The van der Waals surface area contributed by atoms with Crippen LogP contribution in [0.4, 0.5) is 22.0 Å². The molecule has 200 valence electrons. The highest BCUT2D eigenvalue weighted by atomic mass is 19.4. The van der Waals surface area contributed by atoms with Crippen LogP contribution < -0.4 is 10.3 Å². The molecule has 3 aromatic heterocycles. The summed E-state index contributed by atoms with van der Waals surface area (Å²) < 4.78 is 80.6. The molecule has 0 saturated heterocycles. The lowest BCUT2D eigenvalue weighted by Crippen LogP contribution is -2.29. The van der Waals surface area contributed by atoms with E-state index in [9.17, 15) is 41.9 Å². The lowest BCUT2D eigenvalue weighted by Gasteiger charge is -2.16. The van der Waals surface area contributed by atoms with Crippen molar-refractivity contribution in [1.29, 1.82) is 5.26 Å². The highest BCUT2D eigenvalue weighted by Crippen LogP contribution is 2.36. The largest absolute Gasteiger partial charge is 0.477 e. The predicted molar refractivity (Wildman–Crippen MR) is 125 cm³/mol. The standard InChI is InChI=1S/C26H16F5N3O5/c1-2-38-23-16(25(36)37)7-14(11-33-23)21-5-6-22(39-21)20-9-18(26(29,30)31)17(10-32)24(35)34(20)12-13-3-4-15(27)8-19(13)28/h3-9,11H,2,12H2,1H3,(H,36,37). The van der Waals surface area contributed by atoms with Crippen LogP contribution in [0.3, 0.4) is 0 Å². The van der Waals surface area contributed by atoms with E-state index in [4.69, 9.17) is 9.15 Å². The van der Waals surface area contributed by atoms with Gasteiger partial charge < -0.3 is 14.3 Å². The molecule has 13 heteroatoms. The van der Waals surface area contributed by atoms with Gasteiger partial charge in [0.15, 0.2) is 5.76 Å². The van der Waals surface area contributed by atoms with E-state index in [2.05, 4.69) is 4.98 Å². The maximum Gasteiger partial charge on any atom is 0.417 e. The van der Waals surface area contributed by atoms with E-state index in [-0.39, 0.29) is 40.7 Å². The number of aromatic nitrogens is 2. The summed E-state index contributed by atoms with van der Waals surface area (Å²) in [5, 5.41) is 18.8. The van der Waals surface area contributed by atoms with Crippen LogP contribution in [0.5, 0.6) is 5.88 Å². The highest BCUT2D eigenvalue weighted by molar-refractivity contribution is 5.91. The third-order valence-corrected chi connectivity index (χ3v) is 5.57. The molecular formula is C26H16F5N3O5. The Bertz CT molecular complexity index is 1680. The van der Waals surface area contributed by atoms with Gasteiger partial charge in [0.1, 0.15) is 34.6 Å². The zero-order valence-electron chi connectivity index (χ0n) is 19.8. The van der Waals surface area contributed by atoms with Gasteiger partial charge in [-0.25, -0.2) is 18.6 Å². The number of halogens is 5. The fourth-order valence-corrected chi connectivity index (χ4v) is 3.78. The number of aromatic carboxylic acids is 1. The average Bonchev–Trinajstić information content (AvgIpc) is 3.36. The Balaban J connectivity index is 1.90. The van der Waals surface area contributed by atoms with Gasteiger partial charge in [0, 0.05) is 23.4 Å². The fourth-order valence-electron chi connectivity index (χ4n) is 3.78. The van der Waals surface area contributed by atoms with E-state index in [1.54, 1.807) is 6.92 Å². The van der Waals surface area contributed by atoms with Crippen molar-refractivity contribution < 1.29 is 41.0 Å². The molecule has 0 saturated carbocycles. The van der Waals surface area contributed by atoms with Crippen LogP contribution in [0.1, 0.15) is 34.0 Å². The molecule has 0 aliphatic heterocycles. The van der Waals surface area contributed by atoms with E-state index in [0.717, 1.165) is 12.1 Å². The predicted octanol–water partition coefficient (Wildman–Crippen LogP) is 5.48. The molecule has 0 bridgehead atoms. The number of hydrogen-bond donors (Lipinski definition) is 1. The van der Waals surface area contributed by atoms with Crippen LogP contribution in [-0.4, -0.2) is 27.2 Å². The van der Waals surface area contributed by atoms with Crippen LogP contribution in [0.15, 0.2) is 57.9 Å². The lowest BCUT2D eigenvalue weighted by molar-refractivity contribution is -0.137. The number of furan rings is 1. The molecule has 0 aliphatic carbocycles. The van der Waals surface area contributed by atoms with Crippen LogP contribution in [0.2, 0.25) is 0 Å². The number of alkyl halides is 3. The first-order chi connectivity index (χ1) is 18.4. The van der Waals surface area contributed by atoms with Gasteiger partial charge in [-0.15, -0.1) is 0 Å². The van der Waals surface area contributed by atoms with Gasteiger partial charge in [-0.2, -0.15) is 18.4 Å². The van der Waals surface area contributed by atoms with Crippen molar-refractivity contribution in [2.75, 3.05) is 6.61 Å². The van der Waals surface area contributed by atoms with Gasteiger partial charge in [-0.3, -0.25) is 9.36 Å². The summed E-state index contributed by atoms with van der Waals surface area (Å²) in [6, 6.07) is 7.92. The summed E-state index contributed by atoms with van der Waals surface area (Å²) in [7, 11) is 0. The Kier molecular flexibility index (Phi) is 7.22. The Morgan fingerprint density at radius 1 is 1.15 bits per heavy atom. The molecular weight excluding hydrogens is 529 g/mol. The quantitative estimate of drug-likeness (QED) is 0.305. The van der Waals surface area contributed by atoms with Crippen molar-refractivity contribution in [3.8, 4) is 34.7 Å². The highest BCUT2D eigenvalue weighted by Gasteiger charge is 2.37. The molecule has 1 aromatic carbocycles. The van der Waals surface area contributed by atoms with Gasteiger partial charge in [-0.1, -0.05) is 6.07 Å². The Hall–Kier alpha value is -4.99. The number of ether oxygens (including phenoxy) is 1. The Morgan fingerprint density at radius 2 is 1.87 bits per heavy atom. The van der Waals surface area contributed by atoms with Gasteiger partial charge in [0.25, 0.3) is 5.56 Å². The minimum atomic E-state index is -5.09. The second-order valence-corrected chi connectivity index (χ2v) is 8.03. The third kappa shape index (κ3) is 5.35. The molecule has 0 aliphatic rings. The topological polar surface area (TPSA) is 118 Å². The van der Waals surface area contributed by atoms with Crippen molar-refractivity contribution in [3.05, 3.63) is 92.9 Å². The van der Waals surface area contributed by atoms with Gasteiger partial charge in [-0.05, 0) is 37.3 Å². The van der Waals surface area contributed by atoms with Crippen molar-refractivity contribution in [3.63, 3.8) is 0 Å². The number of nitriles is 1. The molecule has 4 rings (SSSR count). The van der Waals surface area contributed by atoms with E-state index in [1.165, 1.54) is 30.5 Å². The number of benzene rings is 1. The first kappa shape index (κ1) is 27.1. The summed E-state index contributed by atoms with van der Waals surface area (Å²) >= 11 is 0. The summed E-state index contributed by atoms with van der Waals surface area (Å²) in [5.74, 6) is -3.78. The molecule has 0 atom stereocenters. The maximum absolute atomic E-state index is 14.4. The number of carbonyl (C=O) groups is 1. The van der Waals surface area contributed by atoms with E-state index >= 15 is 0 Å². The first-order valence-electron chi connectivity index (χ1n) is 11.1. The van der Waals surface area contributed by atoms with Crippen molar-refractivity contribution >= 4 is 5.97 Å². The molecule has 39 heavy (non-hydrogen) atoms. The molecule has 8 nitrogen and oxygen atoms in total. The molecule has 0 fully saturated rings. The number of pyridine rings is 2. The van der Waals surface area contributed by atoms with Gasteiger partial charge in [0.05, 0.1) is 24.4 Å². The van der Waals surface area contributed by atoms with E-state index in [1.807, 2.05) is 0 Å². The summed E-state index contributed by atoms with van der Waals surface area (Å²) in [6.45, 7) is 1.12. The molecule has 0 spiro atoms. The van der Waals surface area contributed by atoms with Gasteiger partial charge >= 0.3 is 12.1 Å². The Labute approximate surface area is 216 Å².